The average molecular weight is 310 g/mol. The number of benzene rings is 1. The van der Waals surface area contributed by atoms with Crippen molar-refractivity contribution in [2.24, 2.45) is 0 Å². The molecule has 0 radical (unpaired) electrons. The van der Waals surface area contributed by atoms with Crippen molar-refractivity contribution in [2.75, 3.05) is 5.33 Å². The van der Waals surface area contributed by atoms with Gasteiger partial charge in [-0.3, -0.25) is 4.79 Å². The molecule has 0 amide bonds. The molecule has 1 aromatic rings. The predicted molar refractivity (Wildman–Crippen MR) is 57.0 cm³/mol. The van der Waals surface area contributed by atoms with Gasteiger partial charge in [0.25, 0.3) is 0 Å². The van der Waals surface area contributed by atoms with E-state index in [0.717, 1.165) is 5.56 Å². The molecule has 0 unspecified atom stereocenters. The number of halogens is 3. The standard InChI is InChI=1S/C9H7Br2FO/c1-5-2-6(9(13)4-10)8(12)3-7(5)11/h2-3H,4H2,1H3. The van der Waals surface area contributed by atoms with Gasteiger partial charge in [-0.05, 0) is 24.6 Å². The number of carbonyl (C=O) groups excluding carboxylic acids is 1. The summed E-state index contributed by atoms with van der Waals surface area (Å²) >= 11 is 6.19. The van der Waals surface area contributed by atoms with Gasteiger partial charge >= 0.3 is 0 Å². The molecule has 0 aliphatic heterocycles. The van der Waals surface area contributed by atoms with Crippen LogP contribution in [0.15, 0.2) is 16.6 Å². The molecule has 0 N–H and O–H groups in total. The molecule has 0 aliphatic carbocycles. The first-order chi connectivity index (χ1) is 6.06. The van der Waals surface area contributed by atoms with E-state index in [1.54, 1.807) is 6.07 Å². The normalized spacial score (nSPS) is 10.2. The molecule has 13 heavy (non-hydrogen) atoms. The molecule has 0 saturated heterocycles. The van der Waals surface area contributed by atoms with Crippen molar-refractivity contribution in [3.8, 4) is 0 Å². The van der Waals surface area contributed by atoms with Gasteiger partial charge in [-0.25, -0.2) is 4.39 Å². The first-order valence-corrected chi connectivity index (χ1v) is 5.52. The summed E-state index contributed by atoms with van der Waals surface area (Å²) < 4.78 is 13.9. The van der Waals surface area contributed by atoms with Gasteiger partial charge in [0.2, 0.25) is 0 Å². The second-order valence-electron chi connectivity index (χ2n) is 2.64. The van der Waals surface area contributed by atoms with Crippen molar-refractivity contribution in [3.05, 3.63) is 33.5 Å². The quantitative estimate of drug-likeness (QED) is 0.604. The van der Waals surface area contributed by atoms with E-state index in [1.807, 2.05) is 6.92 Å². The Morgan fingerprint density at radius 2 is 2.15 bits per heavy atom. The molecule has 1 aromatic carbocycles. The molecule has 70 valence electrons. The van der Waals surface area contributed by atoms with Gasteiger partial charge in [-0.1, -0.05) is 31.9 Å². The summed E-state index contributed by atoms with van der Waals surface area (Å²) in [5.74, 6) is -0.727. The third-order valence-electron chi connectivity index (χ3n) is 1.67. The SMILES string of the molecule is Cc1cc(C(=O)CBr)c(F)cc1Br. The number of rotatable bonds is 2. The molecule has 0 saturated carbocycles. The second kappa shape index (κ2) is 4.33. The van der Waals surface area contributed by atoms with Crippen LogP contribution in [0.25, 0.3) is 0 Å². The summed E-state index contributed by atoms with van der Waals surface area (Å²) in [6.45, 7) is 1.81. The third-order valence-corrected chi connectivity index (χ3v) is 3.03. The van der Waals surface area contributed by atoms with Gasteiger partial charge < -0.3 is 0 Å². The second-order valence-corrected chi connectivity index (χ2v) is 4.05. The molecular weight excluding hydrogens is 303 g/mol. The lowest BCUT2D eigenvalue weighted by Crippen LogP contribution is -2.04. The van der Waals surface area contributed by atoms with E-state index in [4.69, 9.17) is 0 Å². The van der Waals surface area contributed by atoms with Gasteiger partial charge in [0.05, 0.1) is 10.9 Å². The number of alkyl halides is 1. The summed E-state index contributed by atoms with van der Waals surface area (Å²) in [6.07, 6.45) is 0. The number of aryl methyl sites for hydroxylation is 1. The average Bonchev–Trinajstić information content (AvgIpc) is 2.10. The first-order valence-electron chi connectivity index (χ1n) is 3.61. The van der Waals surface area contributed by atoms with E-state index in [-0.39, 0.29) is 16.7 Å². The lowest BCUT2D eigenvalue weighted by Gasteiger charge is -2.03. The minimum Gasteiger partial charge on any atom is -0.293 e. The zero-order chi connectivity index (χ0) is 10.0. The predicted octanol–water partition coefficient (Wildman–Crippen LogP) is 3.47. The molecule has 0 aliphatic rings. The maximum Gasteiger partial charge on any atom is 0.176 e. The maximum absolute atomic E-state index is 13.2. The molecule has 0 heterocycles. The van der Waals surface area contributed by atoms with Crippen LogP contribution in [-0.4, -0.2) is 11.1 Å². The van der Waals surface area contributed by atoms with Crippen molar-refractivity contribution < 1.29 is 9.18 Å². The van der Waals surface area contributed by atoms with Gasteiger partial charge in [-0.2, -0.15) is 0 Å². The lowest BCUT2D eigenvalue weighted by molar-refractivity contribution is 0.102. The lowest BCUT2D eigenvalue weighted by atomic mass is 10.1. The van der Waals surface area contributed by atoms with E-state index in [2.05, 4.69) is 31.9 Å². The molecule has 0 fully saturated rings. The fourth-order valence-corrected chi connectivity index (χ4v) is 1.56. The van der Waals surface area contributed by atoms with Crippen molar-refractivity contribution >= 4 is 37.6 Å². The zero-order valence-electron chi connectivity index (χ0n) is 6.90. The molecule has 4 heteroatoms. The van der Waals surface area contributed by atoms with Crippen LogP contribution in [0, 0.1) is 12.7 Å². The van der Waals surface area contributed by atoms with Gasteiger partial charge in [-0.15, -0.1) is 0 Å². The van der Waals surface area contributed by atoms with Gasteiger partial charge in [0.15, 0.2) is 5.78 Å². The van der Waals surface area contributed by atoms with Gasteiger partial charge in [0, 0.05) is 4.47 Å². The summed E-state index contributed by atoms with van der Waals surface area (Å²) in [5, 5.41) is 0.144. The highest BCUT2D eigenvalue weighted by molar-refractivity contribution is 9.10. The Labute approximate surface area is 92.6 Å². The molecular formula is C9H7Br2FO. The number of carbonyl (C=O) groups is 1. The zero-order valence-corrected chi connectivity index (χ0v) is 10.1. The van der Waals surface area contributed by atoms with Crippen LogP contribution in [0.5, 0.6) is 0 Å². The number of Topliss-reactive ketones (excluding diaryl/α,β-unsaturated/α-hetero) is 1. The molecule has 0 bridgehead atoms. The minimum atomic E-state index is -0.484. The maximum atomic E-state index is 13.2. The number of ketones is 1. The Morgan fingerprint density at radius 1 is 1.54 bits per heavy atom. The third kappa shape index (κ3) is 2.38. The van der Waals surface area contributed by atoms with E-state index in [9.17, 15) is 9.18 Å². The molecule has 0 aromatic heterocycles. The Bertz CT molecular complexity index is 350. The molecule has 1 nitrogen and oxygen atoms in total. The molecule has 0 spiro atoms. The van der Waals surface area contributed by atoms with Crippen molar-refractivity contribution in [1.29, 1.82) is 0 Å². The van der Waals surface area contributed by atoms with Crippen LogP contribution in [0.4, 0.5) is 4.39 Å². The summed E-state index contributed by atoms with van der Waals surface area (Å²) in [4.78, 5) is 11.2. The fourth-order valence-electron chi connectivity index (χ4n) is 0.943. The highest BCUT2D eigenvalue weighted by atomic mass is 79.9. The van der Waals surface area contributed by atoms with Crippen LogP contribution in [0.1, 0.15) is 15.9 Å². The van der Waals surface area contributed by atoms with Crippen LogP contribution >= 0.6 is 31.9 Å². The van der Waals surface area contributed by atoms with E-state index < -0.39 is 5.82 Å². The topological polar surface area (TPSA) is 17.1 Å². The number of hydrogen-bond donors (Lipinski definition) is 0. The highest BCUT2D eigenvalue weighted by Crippen LogP contribution is 2.21. The summed E-state index contributed by atoms with van der Waals surface area (Å²) in [5.41, 5.74) is 0.989. The smallest absolute Gasteiger partial charge is 0.176 e. The van der Waals surface area contributed by atoms with Crippen LogP contribution in [0.2, 0.25) is 0 Å². The van der Waals surface area contributed by atoms with Crippen molar-refractivity contribution in [3.63, 3.8) is 0 Å². The van der Waals surface area contributed by atoms with E-state index >= 15 is 0 Å². The summed E-state index contributed by atoms with van der Waals surface area (Å²) in [6, 6.07) is 2.86. The van der Waals surface area contributed by atoms with E-state index in [1.165, 1.54) is 6.07 Å². The monoisotopic (exact) mass is 308 g/mol. The Hall–Kier alpha value is -0.220. The Kier molecular flexibility index (Phi) is 3.62. The van der Waals surface area contributed by atoms with Crippen LogP contribution in [-0.2, 0) is 0 Å². The highest BCUT2D eigenvalue weighted by Gasteiger charge is 2.11. The van der Waals surface area contributed by atoms with Crippen LogP contribution < -0.4 is 0 Å². The Balaban J connectivity index is 3.23. The van der Waals surface area contributed by atoms with E-state index in [0.29, 0.717) is 4.47 Å². The van der Waals surface area contributed by atoms with Crippen molar-refractivity contribution in [1.82, 2.24) is 0 Å². The number of hydrogen-bond acceptors (Lipinski definition) is 1. The largest absolute Gasteiger partial charge is 0.293 e. The molecule has 1 rings (SSSR count). The first kappa shape index (κ1) is 10.9. The minimum absolute atomic E-state index is 0.137. The van der Waals surface area contributed by atoms with Crippen LogP contribution in [0.3, 0.4) is 0 Å². The molecule has 0 atom stereocenters. The van der Waals surface area contributed by atoms with Crippen molar-refractivity contribution in [2.45, 2.75) is 6.92 Å². The van der Waals surface area contributed by atoms with Gasteiger partial charge in [0.1, 0.15) is 5.82 Å². The fraction of sp³-hybridized carbons (Fsp3) is 0.222. The Morgan fingerprint density at radius 3 is 2.69 bits per heavy atom. The summed E-state index contributed by atoms with van der Waals surface area (Å²) in [7, 11) is 0.